The van der Waals surface area contributed by atoms with Crippen LogP contribution in [0, 0.1) is 0 Å². The normalized spacial score (nSPS) is 11.5. The number of rotatable bonds is 12. The highest BCUT2D eigenvalue weighted by molar-refractivity contribution is 6.31. The van der Waals surface area contributed by atoms with Crippen molar-refractivity contribution in [2.75, 3.05) is 5.32 Å². The molecule has 6 heteroatoms. The molecule has 53 heavy (non-hydrogen) atoms. The Hall–Kier alpha value is -6.43. The summed E-state index contributed by atoms with van der Waals surface area (Å²) in [5.74, 6) is -1.67. The third kappa shape index (κ3) is 8.55. The van der Waals surface area contributed by atoms with Gasteiger partial charge in [-0.2, -0.15) is 0 Å². The number of hydrogen-bond acceptors (Lipinski definition) is 3. The van der Waals surface area contributed by atoms with Crippen LogP contribution in [-0.2, 0) is 11.2 Å². The zero-order valence-corrected chi connectivity index (χ0v) is 29.6. The summed E-state index contributed by atoms with van der Waals surface area (Å²) in [6.45, 7) is 0. The van der Waals surface area contributed by atoms with E-state index in [4.69, 9.17) is 11.6 Å². The van der Waals surface area contributed by atoms with E-state index in [1.165, 1.54) is 0 Å². The third-order valence-electron chi connectivity index (χ3n) is 9.33. The average Bonchev–Trinajstić information content (AvgIpc) is 3.21. The van der Waals surface area contributed by atoms with Gasteiger partial charge in [0.25, 0.3) is 5.91 Å². The lowest BCUT2D eigenvalue weighted by molar-refractivity contribution is -0.139. The lowest BCUT2D eigenvalue weighted by Gasteiger charge is -2.24. The molecule has 0 saturated carbocycles. The summed E-state index contributed by atoms with van der Waals surface area (Å²) < 4.78 is 0. The van der Waals surface area contributed by atoms with Crippen molar-refractivity contribution in [2.24, 2.45) is 0 Å². The summed E-state index contributed by atoms with van der Waals surface area (Å²) in [7, 11) is 0. The van der Waals surface area contributed by atoms with Crippen LogP contribution in [0.4, 0.5) is 5.69 Å². The second-order valence-electron chi connectivity index (χ2n) is 12.9. The maximum Gasteiger partial charge on any atom is 0.326 e. The Morgan fingerprint density at radius 1 is 0.528 bits per heavy atom. The maximum atomic E-state index is 13.9. The predicted octanol–water partition coefficient (Wildman–Crippen LogP) is 11.0. The van der Waals surface area contributed by atoms with Crippen LogP contribution >= 0.6 is 11.6 Å². The van der Waals surface area contributed by atoms with Crippen molar-refractivity contribution in [3.8, 4) is 33.4 Å². The maximum absolute atomic E-state index is 13.9. The van der Waals surface area contributed by atoms with Crippen LogP contribution in [0.2, 0.25) is 5.02 Å². The number of carbonyl (C=O) groups excluding carboxylic acids is 1. The molecule has 0 radical (unpaired) electrons. The first-order chi connectivity index (χ1) is 25.9. The van der Waals surface area contributed by atoms with E-state index in [1.54, 1.807) is 18.2 Å². The second kappa shape index (κ2) is 16.3. The predicted molar refractivity (Wildman–Crippen MR) is 215 cm³/mol. The molecule has 1 amide bonds. The Kier molecular flexibility index (Phi) is 10.7. The molecule has 3 N–H and O–H groups in total. The molecule has 7 rings (SSSR count). The van der Waals surface area contributed by atoms with Gasteiger partial charge in [-0.15, -0.1) is 0 Å². The van der Waals surface area contributed by atoms with Gasteiger partial charge in [0.05, 0.1) is 11.6 Å². The van der Waals surface area contributed by atoms with E-state index >= 15 is 0 Å². The molecule has 0 fully saturated rings. The molecular weight excluding hydrogens is 676 g/mol. The summed E-state index contributed by atoms with van der Waals surface area (Å²) in [5, 5.41) is 16.9. The highest BCUT2D eigenvalue weighted by Gasteiger charge is 2.25. The highest BCUT2D eigenvalue weighted by atomic mass is 35.5. The second-order valence-corrected chi connectivity index (χ2v) is 13.3. The summed E-state index contributed by atoms with van der Waals surface area (Å²) in [5.41, 5.74) is 10.0. The van der Waals surface area contributed by atoms with Crippen molar-refractivity contribution < 1.29 is 14.7 Å². The van der Waals surface area contributed by atoms with Gasteiger partial charge >= 0.3 is 5.97 Å². The summed E-state index contributed by atoms with van der Waals surface area (Å²) in [4.78, 5) is 26.4. The summed E-state index contributed by atoms with van der Waals surface area (Å²) >= 11 is 6.45. The Balaban J connectivity index is 1.17. The number of halogens is 1. The van der Waals surface area contributed by atoms with E-state index < -0.39 is 17.9 Å². The van der Waals surface area contributed by atoms with Crippen LogP contribution in [-0.4, -0.2) is 23.0 Å². The lowest BCUT2D eigenvalue weighted by Crippen LogP contribution is -2.42. The molecule has 0 bridgehead atoms. The molecule has 5 nitrogen and oxygen atoms in total. The molecular formula is C47H37ClN2O3. The van der Waals surface area contributed by atoms with Gasteiger partial charge < -0.3 is 15.7 Å². The quantitative estimate of drug-likeness (QED) is 0.118. The molecule has 0 aliphatic heterocycles. The fraction of sp³-hybridized carbons (Fsp3) is 0.0638. The standard InChI is InChI=1S/C47H37ClN2O3/c48-41-28-29-43(42(31-41)46(51)50-44(47(52)53)30-32-16-18-36(19-17-32)33-10-4-1-5-11-33)49-45(39-24-20-37(21-25-39)34-12-6-2-7-13-34)40-26-22-38(23-27-40)35-14-8-3-9-15-35/h1-29,31,44-45,49H,30H2,(H,50,51)(H,52,53). The number of hydrogen-bond donors (Lipinski definition) is 3. The lowest BCUT2D eigenvalue weighted by atomic mass is 9.94. The minimum Gasteiger partial charge on any atom is -0.480 e. The summed E-state index contributed by atoms with van der Waals surface area (Å²) in [6.07, 6.45) is 0.115. The van der Waals surface area contributed by atoms with E-state index in [-0.39, 0.29) is 18.0 Å². The number of benzene rings is 7. The Morgan fingerprint density at radius 2 is 0.943 bits per heavy atom. The Bertz CT molecular complexity index is 2210. The topological polar surface area (TPSA) is 78.4 Å². The SMILES string of the molecule is O=C(NC(Cc1ccc(-c2ccccc2)cc1)C(=O)O)c1cc(Cl)ccc1NC(c1ccc(-c2ccccc2)cc1)c1ccc(-c2ccccc2)cc1. The first-order valence-corrected chi connectivity index (χ1v) is 17.8. The van der Waals surface area contributed by atoms with Crippen LogP contribution < -0.4 is 10.6 Å². The van der Waals surface area contributed by atoms with Crippen LogP contribution in [0.25, 0.3) is 33.4 Å². The van der Waals surface area contributed by atoms with E-state index in [9.17, 15) is 14.7 Å². The molecule has 0 heterocycles. The zero-order valence-electron chi connectivity index (χ0n) is 28.8. The van der Waals surface area contributed by atoms with Gasteiger partial charge in [0, 0.05) is 17.1 Å². The molecule has 1 unspecified atom stereocenters. The minimum absolute atomic E-state index is 0.115. The minimum atomic E-state index is -1.16. The van der Waals surface area contributed by atoms with Gasteiger partial charge in [0.1, 0.15) is 6.04 Å². The number of amides is 1. The van der Waals surface area contributed by atoms with Crippen LogP contribution in [0.15, 0.2) is 182 Å². The molecule has 0 spiro atoms. The smallest absolute Gasteiger partial charge is 0.326 e. The molecule has 0 saturated heterocycles. The van der Waals surface area contributed by atoms with Gasteiger partial charge in [-0.3, -0.25) is 4.79 Å². The van der Waals surface area contributed by atoms with Crippen LogP contribution in [0.1, 0.15) is 33.1 Å². The zero-order chi connectivity index (χ0) is 36.6. The first-order valence-electron chi connectivity index (χ1n) is 17.5. The molecule has 0 aliphatic carbocycles. The number of carboxylic acid groups (broad SMARTS) is 1. The van der Waals surface area contributed by atoms with Crippen molar-refractivity contribution >= 4 is 29.2 Å². The van der Waals surface area contributed by atoms with Gasteiger partial charge in [0.2, 0.25) is 0 Å². The Morgan fingerprint density at radius 3 is 1.38 bits per heavy atom. The number of anilines is 1. The van der Waals surface area contributed by atoms with Gasteiger partial charge in [0.15, 0.2) is 0 Å². The Labute approximate surface area is 314 Å². The van der Waals surface area contributed by atoms with Crippen molar-refractivity contribution in [2.45, 2.75) is 18.5 Å². The molecule has 7 aromatic carbocycles. The fourth-order valence-electron chi connectivity index (χ4n) is 6.48. The number of nitrogens with one attached hydrogen (secondary N) is 2. The molecule has 7 aromatic rings. The molecule has 1 atom stereocenters. The third-order valence-corrected chi connectivity index (χ3v) is 9.57. The monoisotopic (exact) mass is 712 g/mol. The molecule has 260 valence electrons. The van der Waals surface area contributed by atoms with Crippen LogP contribution in [0.3, 0.4) is 0 Å². The van der Waals surface area contributed by atoms with Crippen molar-refractivity contribution in [1.82, 2.24) is 5.32 Å². The van der Waals surface area contributed by atoms with E-state index in [1.807, 2.05) is 91.0 Å². The number of carboxylic acids is 1. The van der Waals surface area contributed by atoms with Gasteiger partial charge in [-0.05, 0) is 68.3 Å². The molecule has 0 aliphatic rings. The largest absolute Gasteiger partial charge is 0.480 e. The summed E-state index contributed by atoms with van der Waals surface area (Å²) in [6, 6.07) is 58.3. The van der Waals surface area contributed by atoms with E-state index in [0.717, 1.165) is 50.1 Å². The highest BCUT2D eigenvalue weighted by Crippen LogP contribution is 2.33. The number of aliphatic carboxylic acids is 1. The van der Waals surface area contributed by atoms with Crippen molar-refractivity contribution in [3.05, 3.63) is 209 Å². The molecule has 0 aromatic heterocycles. The van der Waals surface area contributed by atoms with Crippen molar-refractivity contribution in [1.29, 1.82) is 0 Å². The van der Waals surface area contributed by atoms with Gasteiger partial charge in [-0.25, -0.2) is 4.79 Å². The fourth-order valence-corrected chi connectivity index (χ4v) is 6.65. The van der Waals surface area contributed by atoms with Gasteiger partial charge in [-0.1, -0.05) is 175 Å². The number of carbonyl (C=O) groups is 2. The first kappa shape index (κ1) is 35.0. The van der Waals surface area contributed by atoms with Crippen molar-refractivity contribution in [3.63, 3.8) is 0 Å². The van der Waals surface area contributed by atoms with Crippen LogP contribution in [0.5, 0.6) is 0 Å². The average molecular weight is 713 g/mol. The van der Waals surface area contributed by atoms with E-state index in [2.05, 4.69) is 83.4 Å². The van der Waals surface area contributed by atoms with E-state index in [0.29, 0.717) is 10.7 Å².